The van der Waals surface area contributed by atoms with Gasteiger partial charge in [0.25, 0.3) is 0 Å². The number of nitrogens with zero attached hydrogens (tertiary/aromatic N) is 1. The molecule has 0 unspecified atom stereocenters. The molecule has 3 N–H and O–H groups in total. The third-order valence-corrected chi connectivity index (χ3v) is 3.74. The molecule has 1 fully saturated rings. The predicted molar refractivity (Wildman–Crippen MR) is 78.0 cm³/mol. The molecule has 0 aromatic carbocycles. The van der Waals surface area contributed by atoms with E-state index in [0.717, 1.165) is 12.2 Å². The Hall–Kier alpha value is -1.18. The van der Waals surface area contributed by atoms with Gasteiger partial charge in [0.05, 0.1) is 11.8 Å². The number of anilines is 1. The van der Waals surface area contributed by atoms with Gasteiger partial charge < -0.3 is 15.2 Å². The zero-order valence-electron chi connectivity index (χ0n) is 12.0. The van der Waals surface area contributed by atoms with E-state index in [9.17, 15) is 9.90 Å². The van der Waals surface area contributed by atoms with Crippen molar-refractivity contribution >= 4 is 22.6 Å². The summed E-state index contributed by atoms with van der Waals surface area (Å²) < 4.78 is 5.17. The van der Waals surface area contributed by atoms with Gasteiger partial charge in [-0.2, -0.15) is 0 Å². The molecule has 1 aromatic rings. The Balaban J connectivity index is 1.87. The Labute approximate surface area is 122 Å². The minimum atomic E-state index is -0.524. The average molecular weight is 299 g/mol. The highest BCUT2D eigenvalue weighted by molar-refractivity contribution is 7.13. The summed E-state index contributed by atoms with van der Waals surface area (Å²) >= 11 is 1.36. The summed E-state index contributed by atoms with van der Waals surface area (Å²) in [5, 5.41) is 17.9. The molecule has 1 saturated heterocycles. The van der Waals surface area contributed by atoms with E-state index >= 15 is 0 Å². The second-order valence-electron chi connectivity index (χ2n) is 5.96. The van der Waals surface area contributed by atoms with Crippen LogP contribution in [0.5, 0.6) is 0 Å². The van der Waals surface area contributed by atoms with Crippen molar-refractivity contribution in [2.24, 2.45) is 5.92 Å². The summed E-state index contributed by atoms with van der Waals surface area (Å²) in [6, 6.07) is 0. The molecular formula is C13H21N3O3S. The van der Waals surface area contributed by atoms with Gasteiger partial charge in [0, 0.05) is 24.4 Å². The van der Waals surface area contributed by atoms with Crippen LogP contribution in [-0.4, -0.2) is 41.0 Å². The number of ether oxygens (including phenoxy) is 1. The molecule has 0 spiro atoms. The maximum absolute atomic E-state index is 11.6. The molecule has 7 heteroatoms. The Morgan fingerprint density at radius 2 is 2.35 bits per heavy atom. The zero-order chi connectivity index (χ0) is 14.8. The van der Waals surface area contributed by atoms with Crippen molar-refractivity contribution in [1.82, 2.24) is 10.3 Å². The molecule has 112 valence electrons. The van der Waals surface area contributed by atoms with Crippen molar-refractivity contribution in [3.8, 4) is 0 Å². The van der Waals surface area contributed by atoms with Crippen molar-refractivity contribution in [2.75, 3.05) is 18.4 Å². The topological polar surface area (TPSA) is 83.5 Å². The molecule has 0 aliphatic carbocycles. The highest BCUT2D eigenvalue weighted by Gasteiger charge is 2.26. The standard InChI is InChI=1S/C13H21N3O3S/c1-13(2,3)19-12(18)16-11-15-9(7-20-11)4-8-5-14-6-10(8)17/h7-8,10,14,17H,4-6H2,1-3H3,(H,15,16,18)/t8-,10-/m0/s1. The molecule has 0 bridgehead atoms. The van der Waals surface area contributed by atoms with E-state index in [1.54, 1.807) is 0 Å². The molecule has 20 heavy (non-hydrogen) atoms. The van der Waals surface area contributed by atoms with Gasteiger partial charge >= 0.3 is 6.09 Å². The summed E-state index contributed by atoms with van der Waals surface area (Å²) in [6.07, 6.45) is -0.111. The first-order valence-electron chi connectivity index (χ1n) is 6.67. The fourth-order valence-corrected chi connectivity index (χ4v) is 2.75. The van der Waals surface area contributed by atoms with Gasteiger partial charge in [0.15, 0.2) is 5.13 Å². The van der Waals surface area contributed by atoms with Crippen molar-refractivity contribution in [3.05, 3.63) is 11.1 Å². The molecule has 2 heterocycles. The summed E-state index contributed by atoms with van der Waals surface area (Å²) in [5.41, 5.74) is 0.359. The van der Waals surface area contributed by atoms with Gasteiger partial charge in [-0.25, -0.2) is 9.78 Å². The normalized spacial score (nSPS) is 22.8. The van der Waals surface area contributed by atoms with Gasteiger partial charge in [0.2, 0.25) is 0 Å². The zero-order valence-corrected chi connectivity index (χ0v) is 12.8. The van der Waals surface area contributed by atoms with Crippen LogP contribution in [0.1, 0.15) is 26.5 Å². The smallest absolute Gasteiger partial charge is 0.413 e. The first-order chi connectivity index (χ1) is 9.33. The summed E-state index contributed by atoms with van der Waals surface area (Å²) in [7, 11) is 0. The number of hydrogen-bond donors (Lipinski definition) is 3. The minimum absolute atomic E-state index is 0.187. The Morgan fingerprint density at radius 1 is 1.60 bits per heavy atom. The lowest BCUT2D eigenvalue weighted by atomic mass is 10.0. The van der Waals surface area contributed by atoms with Crippen LogP contribution >= 0.6 is 11.3 Å². The number of carbonyl (C=O) groups is 1. The number of aromatic nitrogens is 1. The number of hydrogen-bond acceptors (Lipinski definition) is 6. The first kappa shape index (κ1) is 15.2. The van der Waals surface area contributed by atoms with Gasteiger partial charge in [-0.15, -0.1) is 11.3 Å². The van der Waals surface area contributed by atoms with Crippen molar-refractivity contribution in [2.45, 2.75) is 38.9 Å². The third-order valence-electron chi connectivity index (χ3n) is 2.94. The average Bonchev–Trinajstić information content (AvgIpc) is 2.87. The van der Waals surface area contributed by atoms with E-state index in [1.807, 2.05) is 26.2 Å². The number of thiazole rings is 1. The lowest BCUT2D eigenvalue weighted by Crippen LogP contribution is -2.27. The maximum atomic E-state index is 11.6. The Morgan fingerprint density at radius 3 is 2.95 bits per heavy atom. The molecule has 1 aromatic heterocycles. The lowest BCUT2D eigenvalue weighted by Gasteiger charge is -2.18. The monoisotopic (exact) mass is 299 g/mol. The van der Waals surface area contributed by atoms with Crippen LogP contribution in [0.2, 0.25) is 0 Å². The van der Waals surface area contributed by atoms with E-state index in [4.69, 9.17) is 4.74 Å². The van der Waals surface area contributed by atoms with Crippen LogP contribution < -0.4 is 10.6 Å². The third kappa shape index (κ3) is 4.43. The largest absolute Gasteiger partial charge is 0.444 e. The van der Waals surface area contributed by atoms with E-state index in [1.165, 1.54) is 11.3 Å². The predicted octanol–water partition coefficient (Wildman–Crippen LogP) is 1.61. The molecule has 0 radical (unpaired) electrons. The van der Waals surface area contributed by atoms with E-state index in [-0.39, 0.29) is 12.0 Å². The van der Waals surface area contributed by atoms with Crippen LogP contribution in [0.4, 0.5) is 9.93 Å². The highest BCUT2D eigenvalue weighted by Crippen LogP contribution is 2.21. The summed E-state index contributed by atoms with van der Waals surface area (Å²) in [4.78, 5) is 16.0. The first-order valence-corrected chi connectivity index (χ1v) is 7.54. The SMILES string of the molecule is CC(C)(C)OC(=O)Nc1nc(C[C@H]2CNC[C@@H]2O)cs1. The highest BCUT2D eigenvalue weighted by atomic mass is 32.1. The molecule has 2 rings (SSSR count). The molecule has 6 nitrogen and oxygen atoms in total. The van der Waals surface area contributed by atoms with Gasteiger partial charge in [-0.3, -0.25) is 5.32 Å². The van der Waals surface area contributed by atoms with Gasteiger partial charge in [0.1, 0.15) is 5.60 Å². The number of amides is 1. The quantitative estimate of drug-likeness (QED) is 0.790. The minimum Gasteiger partial charge on any atom is -0.444 e. The molecule has 1 aliphatic heterocycles. The molecular weight excluding hydrogens is 278 g/mol. The summed E-state index contributed by atoms with van der Waals surface area (Å²) in [5.74, 6) is 0.187. The maximum Gasteiger partial charge on any atom is 0.413 e. The Kier molecular flexibility index (Phi) is 4.62. The number of aliphatic hydroxyl groups excluding tert-OH is 1. The number of β-amino-alcohol motifs (C(OH)–C–C–N with tert-alkyl or cyclic N) is 1. The number of nitrogens with one attached hydrogen (secondary N) is 2. The second kappa shape index (κ2) is 6.07. The van der Waals surface area contributed by atoms with Crippen molar-refractivity contribution in [1.29, 1.82) is 0 Å². The van der Waals surface area contributed by atoms with Crippen LogP contribution in [0.3, 0.4) is 0 Å². The van der Waals surface area contributed by atoms with Crippen molar-refractivity contribution in [3.63, 3.8) is 0 Å². The number of rotatable bonds is 3. The van der Waals surface area contributed by atoms with Crippen LogP contribution in [0.15, 0.2) is 5.38 Å². The van der Waals surface area contributed by atoms with E-state index < -0.39 is 11.7 Å². The number of carbonyl (C=O) groups excluding carboxylic acids is 1. The van der Waals surface area contributed by atoms with Crippen molar-refractivity contribution < 1.29 is 14.6 Å². The lowest BCUT2D eigenvalue weighted by molar-refractivity contribution is 0.0636. The molecule has 1 amide bonds. The van der Waals surface area contributed by atoms with Crippen LogP contribution in [0, 0.1) is 5.92 Å². The van der Waals surface area contributed by atoms with Crippen LogP contribution in [0.25, 0.3) is 0 Å². The molecule has 2 atom stereocenters. The fourth-order valence-electron chi connectivity index (χ4n) is 2.05. The van der Waals surface area contributed by atoms with E-state index in [0.29, 0.717) is 18.1 Å². The fraction of sp³-hybridized carbons (Fsp3) is 0.692. The molecule has 1 aliphatic rings. The van der Waals surface area contributed by atoms with E-state index in [2.05, 4.69) is 15.6 Å². The van der Waals surface area contributed by atoms with Gasteiger partial charge in [-0.1, -0.05) is 0 Å². The number of aliphatic hydroxyl groups is 1. The van der Waals surface area contributed by atoms with Crippen LogP contribution in [-0.2, 0) is 11.2 Å². The van der Waals surface area contributed by atoms with Gasteiger partial charge in [-0.05, 0) is 27.2 Å². The molecule has 0 saturated carbocycles. The second-order valence-corrected chi connectivity index (χ2v) is 6.82. The Bertz CT molecular complexity index is 470. The summed E-state index contributed by atoms with van der Waals surface area (Å²) in [6.45, 7) is 6.88.